The molecule has 1 aromatic heterocycles. The zero-order valence-electron chi connectivity index (χ0n) is 10.5. The van der Waals surface area contributed by atoms with Crippen LogP contribution < -0.4 is 10.2 Å². The fourth-order valence-electron chi connectivity index (χ4n) is 1.98. The summed E-state index contributed by atoms with van der Waals surface area (Å²) in [6.45, 7) is 1.13. The number of rotatable bonds is 6. The van der Waals surface area contributed by atoms with Gasteiger partial charge in [0.25, 0.3) is 0 Å². The molecule has 0 aromatic carbocycles. The maximum Gasteiger partial charge on any atom is 0.171 e. The number of hydrogen-bond donors (Lipinski definition) is 2. The lowest BCUT2D eigenvalue weighted by Gasteiger charge is -2.19. The Hall–Kier alpha value is -1.36. The summed E-state index contributed by atoms with van der Waals surface area (Å²) in [6.07, 6.45) is 6.65. The van der Waals surface area contributed by atoms with E-state index in [9.17, 15) is 0 Å². The highest BCUT2D eigenvalue weighted by molar-refractivity contribution is 5.59. The Balaban J connectivity index is 1.99. The van der Waals surface area contributed by atoms with Crippen molar-refractivity contribution in [3.05, 3.63) is 12.4 Å². The van der Waals surface area contributed by atoms with Crippen LogP contribution in [0, 0.1) is 5.41 Å². The first kappa shape index (κ1) is 12.1. The van der Waals surface area contributed by atoms with Crippen molar-refractivity contribution in [1.29, 1.82) is 0 Å². The van der Waals surface area contributed by atoms with Gasteiger partial charge in [-0.3, -0.25) is 0 Å². The highest BCUT2D eigenvalue weighted by atomic mass is 16.3. The first-order valence-electron chi connectivity index (χ1n) is 6.00. The van der Waals surface area contributed by atoms with Crippen molar-refractivity contribution in [2.45, 2.75) is 19.3 Å². The van der Waals surface area contributed by atoms with Crippen molar-refractivity contribution >= 4 is 11.6 Å². The van der Waals surface area contributed by atoms with Gasteiger partial charge in [-0.05, 0) is 24.7 Å². The standard InChI is InChI=1S/C12H20N4O/c1-16(2)11-10(13-6-7-14-11)15-9-12(3-4-12)5-8-17/h6-7,17H,3-5,8-9H2,1-2H3,(H,13,15). The smallest absolute Gasteiger partial charge is 0.171 e. The largest absolute Gasteiger partial charge is 0.396 e. The number of hydrogen-bond acceptors (Lipinski definition) is 5. The van der Waals surface area contributed by atoms with Gasteiger partial charge < -0.3 is 15.3 Å². The first-order valence-corrected chi connectivity index (χ1v) is 6.00. The van der Waals surface area contributed by atoms with Gasteiger partial charge in [0.1, 0.15) is 0 Å². The van der Waals surface area contributed by atoms with E-state index in [-0.39, 0.29) is 12.0 Å². The fraction of sp³-hybridized carbons (Fsp3) is 0.667. The molecule has 1 aromatic rings. The molecule has 0 unspecified atom stereocenters. The molecule has 1 fully saturated rings. The summed E-state index contributed by atoms with van der Waals surface area (Å²) in [6, 6.07) is 0. The van der Waals surface area contributed by atoms with Crippen LogP contribution in [-0.4, -0.2) is 42.3 Å². The molecule has 17 heavy (non-hydrogen) atoms. The van der Waals surface area contributed by atoms with Gasteiger partial charge in [0, 0.05) is 39.6 Å². The number of aliphatic hydroxyl groups is 1. The molecule has 5 heteroatoms. The third-order valence-electron chi connectivity index (χ3n) is 3.33. The van der Waals surface area contributed by atoms with Gasteiger partial charge in [-0.2, -0.15) is 0 Å². The van der Waals surface area contributed by atoms with E-state index < -0.39 is 0 Å². The van der Waals surface area contributed by atoms with E-state index in [1.807, 2.05) is 19.0 Å². The van der Waals surface area contributed by atoms with Crippen molar-refractivity contribution in [2.75, 3.05) is 37.5 Å². The second-order valence-corrected chi connectivity index (χ2v) is 4.95. The Morgan fingerprint density at radius 1 is 1.35 bits per heavy atom. The van der Waals surface area contributed by atoms with Gasteiger partial charge in [0.05, 0.1) is 0 Å². The van der Waals surface area contributed by atoms with E-state index in [4.69, 9.17) is 5.11 Å². The third kappa shape index (κ3) is 2.85. The Kier molecular flexibility index (Phi) is 3.47. The lowest BCUT2D eigenvalue weighted by Crippen LogP contribution is -2.20. The molecule has 0 atom stereocenters. The molecular weight excluding hydrogens is 216 g/mol. The lowest BCUT2D eigenvalue weighted by molar-refractivity contribution is 0.253. The summed E-state index contributed by atoms with van der Waals surface area (Å²) in [4.78, 5) is 10.6. The molecule has 1 aliphatic rings. The number of anilines is 2. The van der Waals surface area contributed by atoms with Crippen molar-refractivity contribution in [1.82, 2.24) is 9.97 Å². The van der Waals surface area contributed by atoms with Crippen LogP contribution in [0.1, 0.15) is 19.3 Å². The van der Waals surface area contributed by atoms with Crippen molar-refractivity contribution < 1.29 is 5.11 Å². The quantitative estimate of drug-likeness (QED) is 0.775. The van der Waals surface area contributed by atoms with Crippen LogP contribution in [0.25, 0.3) is 0 Å². The fourth-order valence-corrected chi connectivity index (χ4v) is 1.98. The molecule has 1 heterocycles. The van der Waals surface area contributed by atoms with Crippen LogP contribution in [-0.2, 0) is 0 Å². The molecule has 5 nitrogen and oxygen atoms in total. The number of aliphatic hydroxyl groups excluding tert-OH is 1. The summed E-state index contributed by atoms with van der Waals surface area (Å²) >= 11 is 0. The summed E-state index contributed by atoms with van der Waals surface area (Å²) < 4.78 is 0. The van der Waals surface area contributed by atoms with Crippen LogP contribution in [0.15, 0.2) is 12.4 Å². The predicted molar refractivity (Wildman–Crippen MR) is 68.2 cm³/mol. The van der Waals surface area contributed by atoms with E-state index in [0.29, 0.717) is 0 Å². The van der Waals surface area contributed by atoms with E-state index >= 15 is 0 Å². The van der Waals surface area contributed by atoms with Crippen molar-refractivity contribution in [3.63, 3.8) is 0 Å². The van der Waals surface area contributed by atoms with Crippen LogP contribution in [0.2, 0.25) is 0 Å². The van der Waals surface area contributed by atoms with Crippen molar-refractivity contribution in [3.8, 4) is 0 Å². The number of nitrogens with one attached hydrogen (secondary N) is 1. The minimum atomic E-state index is 0.267. The van der Waals surface area contributed by atoms with E-state index in [2.05, 4.69) is 15.3 Å². The van der Waals surface area contributed by atoms with Gasteiger partial charge in [0.15, 0.2) is 11.6 Å². The molecule has 2 N–H and O–H groups in total. The van der Waals surface area contributed by atoms with Gasteiger partial charge in [0.2, 0.25) is 0 Å². The minimum Gasteiger partial charge on any atom is -0.396 e. The maximum atomic E-state index is 9.02. The number of aromatic nitrogens is 2. The average molecular weight is 236 g/mol. The Bertz CT molecular complexity index is 377. The SMILES string of the molecule is CN(C)c1nccnc1NCC1(CCO)CC1. The Morgan fingerprint density at radius 3 is 2.65 bits per heavy atom. The summed E-state index contributed by atoms with van der Waals surface area (Å²) in [5, 5.41) is 12.4. The van der Waals surface area contributed by atoms with E-state index in [1.165, 1.54) is 12.8 Å². The van der Waals surface area contributed by atoms with E-state index in [1.54, 1.807) is 12.4 Å². The van der Waals surface area contributed by atoms with Crippen LogP contribution >= 0.6 is 0 Å². The molecule has 1 saturated carbocycles. The normalized spacial score (nSPS) is 16.6. The van der Waals surface area contributed by atoms with Gasteiger partial charge >= 0.3 is 0 Å². The Morgan fingerprint density at radius 2 is 2.06 bits per heavy atom. The monoisotopic (exact) mass is 236 g/mol. The summed E-state index contributed by atoms with van der Waals surface area (Å²) in [5.41, 5.74) is 0.288. The van der Waals surface area contributed by atoms with Gasteiger partial charge in [-0.25, -0.2) is 9.97 Å². The van der Waals surface area contributed by atoms with Crippen LogP contribution in [0.4, 0.5) is 11.6 Å². The van der Waals surface area contributed by atoms with Gasteiger partial charge in [-0.1, -0.05) is 0 Å². The second-order valence-electron chi connectivity index (χ2n) is 4.95. The van der Waals surface area contributed by atoms with E-state index in [0.717, 1.165) is 24.6 Å². The number of nitrogens with zero attached hydrogens (tertiary/aromatic N) is 3. The van der Waals surface area contributed by atoms with Gasteiger partial charge in [-0.15, -0.1) is 0 Å². The van der Waals surface area contributed by atoms with Crippen molar-refractivity contribution in [2.24, 2.45) is 5.41 Å². The molecule has 0 bridgehead atoms. The second kappa shape index (κ2) is 4.87. The van der Waals surface area contributed by atoms with Crippen LogP contribution in [0.3, 0.4) is 0 Å². The molecule has 0 radical (unpaired) electrons. The summed E-state index contributed by atoms with van der Waals surface area (Å²) in [5.74, 6) is 1.68. The third-order valence-corrected chi connectivity index (χ3v) is 3.33. The molecule has 0 saturated heterocycles. The average Bonchev–Trinajstić information content (AvgIpc) is 3.08. The zero-order valence-corrected chi connectivity index (χ0v) is 10.5. The topological polar surface area (TPSA) is 61.3 Å². The Labute approximate surface area is 102 Å². The lowest BCUT2D eigenvalue weighted by atomic mass is 10.0. The first-order chi connectivity index (χ1) is 8.17. The zero-order chi connectivity index (χ0) is 12.3. The summed E-state index contributed by atoms with van der Waals surface area (Å²) in [7, 11) is 3.91. The molecule has 1 aliphatic carbocycles. The molecule has 0 amide bonds. The highest BCUT2D eigenvalue weighted by Gasteiger charge is 2.41. The highest BCUT2D eigenvalue weighted by Crippen LogP contribution is 2.48. The molecular formula is C12H20N4O. The minimum absolute atomic E-state index is 0.267. The molecule has 0 spiro atoms. The molecule has 0 aliphatic heterocycles. The van der Waals surface area contributed by atoms with Crippen LogP contribution in [0.5, 0.6) is 0 Å². The maximum absolute atomic E-state index is 9.02. The molecule has 2 rings (SSSR count). The predicted octanol–water partition coefficient (Wildman–Crippen LogP) is 1.12. The molecule has 94 valence electrons.